The minimum absolute atomic E-state index is 0.442. The highest BCUT2D eigenvalue weighted by Crippen LogP contribution is 2.10. The fourth-order valence-corrected chi connectivity index (χ4v) is 3.49. The summed E-state index contributed by atoms with van der Waals surface area (Å²) in [6.07, 6.45) is 4.71. The van der Waals surface area contributed by atoms with Gasteiger partial charge in [-0.05, 0) is 25.8 Å². The molecular weight excluding hydrogens is 286 g/mol. The van der Waals surface area contributed by atoms with Crippen LogP contribution in [0.2, 0.25) is 0 Å². The summed E-state index contributed by atoms with van der Waals surface area (Å²) in [5.74, 6) is 0. The molecule has 0 radical (unpaired) electrons. The predicted octanol–water partition coefficient (Wildman–Crippen LogP) is 2.45. The van der Waals surface area contributed by atoms with Crippen LogP contribution in [0.3, 0.4) is 0 Å². The van der Waals surface area contributed by atoms with E-state index in [2.05, 4.69) is 33.0 Å². The van der Waals surface area contributed by atoms with Gasteiger partial charge >= 0.3 is 0 Å². The maximum absolute atomic E-state index is 12.6. The number of nitrogens with one attached hydrogen (secondary N) is 1. The monoisotopic (exact) mass is 321 g/mol. The van der Waals surface area contributed by atoms with Gasteiger partial charge in [0.2, 0.25) is 0 Å². The summed E-state index contributed by atoms with van der Waals surface area (Å²) in [4.78, 5) is 0. The second-order valence-electron chi connectivity index (χ2n) is 5.90. The van der Waals surface area contributed by atoms with Gasteiger partial charge in [0.25, 0.3) is 10.2 Å². The molecule has 0 unspecified atom stereocenters. The van der Waals surface area contributed by atoms with Crippen LogP contribution in [0.25, 0.3) is 0 Å². The molecule has 0 aliphatic rings. The van der Waals surface area contributed by atoms with Crippen molar-refractivity contribution in [1.82, 2.24) is 13.9 Å². The van der Waals surface area contributed by atoms with Crippen LogP contribution < -0.4 is 5.32 Å². The van der Waals surface area contributed by atoms with Gasteiger partial charge in [0.05, 0.1) is 0 Å². The van der Waals surface area contributed by atoms with E-state index in [0.29, 0.717) is 25.7 Å². The van der Waals surface area contributed by atoms with Crippen molar-refractivity contribution < 1.29 is 8.42 Å². The maximum atomic E-state index is 12.6. The number of hydrogen-bond acceptors (Lipinski definition) is 3. The van der Waals surface area contributed by atoms with Crippen LogP contribution in [-0.4, -0.2) is 56.3 Å². The number of unbranched alkanes of at least 4 members (excludes halogenated alkanes) is 2. The molecule has 6 heteroatoms. The van der Waals surface area contributed by atoms with Crippen LogP contribution in [0.4, 0.5) is 0 Å². The molecule has 0 atom stereocenters. The van der Waals surface area contributed by atoms with E-state index in [-0.39, 0.29) is 0 Å². The molecule has 0 saturated carbocycles. The van der Waals surface area contributed by atoms with Gasteiger partial charge in [0.15, 0.2) is 0 Å². The molecule has 0 saturated heterocycles. The molecule has 0 spiro atoms. The zero-order chi connectivity index (χ0) is 16.3. The molecule has 0 aliphatic heterocycles. The van der Waals surface area contributed by atoms with Gasteiger partial charge in [0.1, 0.15) is 0 Å². The van der Waals surface area contributed by atoms with Gasteiger partial charge in [0, 0.05) is 32.7 Å². The Morgan fingerprint density at radius 2 is 1.48 bits per heavy atom. The third-order valence-corrected chi connectivity index (χ3v) is 5.43. The first kappa shape index (κ1) is 20.8. The molecule has 128 valence electrons. The Morgan fingerprint density at radius 1 is 0.952 bits per heavy atom. The SMILES string of the molecule is CCCCN(CCCC)S(=O)(=O)N(C)CCCNC(C)C. The number of nitrogens with zero attached hydrogens (tertiary/aromatic N) is 2. The lowest BCUT2D eigenvalue weighted by Gasteiger charge is -2.27. The molecule has 0 rings (SSSR count). The highest BCUT2D eigenvalue weighted by molar-refractivity contribution is 7.86. The van der Waals surface area contributed by atoms with Gasteiger partial charge < -0.3 is 5.32 Å². The van der Waals surface area contributed by atoms with Gasteiger partial charge in [-0.2, -0.15) is 17.0 Å². The Hall–Kier alpha value is -0.170. The van der Waals surface area contributed by atoms with E-state index in [9.17, 15) is 8.42 Å². The summed E-state index contributed by atoms with van der Waals surface area (Å²) in [6, 6.07) is 0.442. The van der Waals surface area contributed by atoms with Crippen molar-refractivity contribution in [3.63, 3.8) is 0 Å². The van der Waals surface area contributed by atoms with E-state index in [1.165, 1.54) is 4.31 Å². The van der Waals surface area contributed by atoms with Crippen molar-refractivity contribution in [1.29, 1.82) is 0 Å². The molecule has 1 N–H and O–H groups in total. The first-order valence-corrected chi connectivity index (χ1v) is 9.70. The standard InChI is InChI=1S/C15H35N3O2S/c1-6-8-13-18(14-9-7-2)21(19,20)17(5)12-10-11-16-15(3)4/h15-16H,6-14H2,1-5H3. The highest BCUT2D eigenvalue weighted by Gasteiger charge is 2.25. The predicted molar refractivity (Wildman–Crippen MR) is 90.7 cm³/mol. The fraction of sp³-hybridized carbons (Fsp3) is 1.00. The average Bonchev–Trinajstić information content (AvgIpc) is 2.42. The molecule has 0 bridgehead atoms. The van der Waals surface area contributed by atoms with Gasteiger partial charge in [-0.3, -0.25) is 0 Å². The van der Waals surface area contributed by atoms with Crippen LogP contribution >= 0.6 is 0 Å². The Morgan fingerprint density at radius 3 is 1.90 bits per heavy atom. The Kier molecular flexibility index (Phi) is 11.3. The number of rotatable bonds is 13. The van der Waals surface area contributed by atoms with Crippen molar-refractivity contribution in [2.45, 2.75) is 65.8 Å². The lowest BCUT2D eigenvalue weighted by atomic mass is 10.3. The molecule has 0 amide bonds. The van der Waals surface area contributed by atoms with E-state index in [1.807, 2.05) is 0 Å². The molecule has 0 heterocycles. The topological polar surface area (TPSA) is 52.7 Å². The van der Waals surface area contributed by atoms with Gasteiger partial charge in [-0.25, -0.2) is 0 Å². The van der Waals surface area contributed by atoms with Crippen LogP contribution in [0.5, 0.6) is 0 Å². The van der Waals surface area contributed by atoms with Crippen LogP contribution in [-0.2, 0) is 10.2 Å². The molecule has 0 aromatic carbocycles. The molecule has 5 nitrogen and oxygen atoms in total. The van der Waals surface area contributed by atoms with Crippen LogP contribution in [0.15, 0.2) is 0 Å². The summed E-state index contributed by atoms with van der Waals surface area (Å²) >= 11 is 0. The lowest BCUT2D eigenvalue weighted by Crippen LogP contribution is -2.43. The van der Waals surface area contributed by atoms with Crippen LogP contribution in [0, 0.1) is 0 Å². The summed E-state index contributed by atoms with van der Waals surface area (Å²) in [7, 11) is -1.62. The summed E-state index contributed by atoms with van der Waals surface area (Å²) in [5.41, 5.74) is 0. The summed E-state index contributed by atoms with van der Waals surface area (Å²) < 4.78 is 28.4. The second kappa shape index (κ2) is 11.4. The van der Waals surface area contributed by atoms with Gasteiger partial charge in [-0.1, -0.05) is 40.5 Å². The highest BCUT2D eigenvalue weighted by atomic mass is 32.2. The molecule has 0 aliphatic carbocycles. The molecule has 0 fully saturated rings. The second-order valence-corrected chi connectivity index (χ2v) is 7.93. The molecule has 0 aromatic heterocycles. The third-order valence-electron chi connectivity index (χ3n) is 3.44. The van der Waals surface area contributed by atoms with E-state index in [0.717, 1.165) is 38.6 Å². The largest absolute Gasteiger partial charge is 0.314 e. The third kappa shape index (κ3) is 8.76. The lowest BCUT2D eigenvalue weighted by molar-refractivity contribution is 0.346. The molecule has 0 aromatic rings. The average molecular weight is 322 g/mol. The fourth-order valence-electron chi connectivity index (χ4n) is 2.02. The smallest absolute Gasteiger partial charge is 0.281 e. The van der Waals surface area contributed by atoms with Crippen molar-refractivity contribution in [2.24, 2.45) is 0 Å². The quantitative estimate of drug-likeness (QED) is 0.530. The van der Waals surface area contributed by atoms with E-state index >= 15 is 0 Å². The first-order valence-electron chi connectivity index (χ1n) is 8.31. The molecular formula is C15H35N3O2S. The maximum Gasteiger partial charge on any atom is 0.281 e. The minimum Gasteiger partial charge on any atom is -0.314 e. The Bertz CT molecular complexity index is 337. The van der Waals surface area contributed by atoms with Crippen LogP contribution in [0.1, 0.15) is 59.8 Å². The van der Waals surface area contributed by atoms with E-state index in [4.69, 9.17) is 0 Å². The Labute approximate surface area is 132 Å². The van der Waals surface area contributed by atoms with Crippen molar-refractivity contribution in [3.8, 4) is 0 Å². The van der Waals surface area contributed by atoms with Crippen molar-refractivity contribution in [2.75, 3.05) is 33.2 Å². The zero-order valence-electron chi connectivity index (χ0n) is 14.6. The van der Waals surface area contributed by atoms with Gasteiger partial charge in [-0.15, -0.1) is 0 Å². The molecule has 21 heavy (non-hydrogen) atoms. The van der Waals surface area contributed by atoms with E-state index < -0.39 is 10.2 Å². The summed E-state index contributed by atoms with van der Waals surface area (Å²) in [5, 5.41) is 3.31. The zero-order valence-corrected chi connectivity index (χ0v) is 15.4. The first-order chi connectivity index (χ1) is 9.86. The van der Waals surface area contributed by atoms with Crippen molar-refractivity contribution in [3.05, 3.63) is 0 Å². The Balaban J connectivity index is 4.46. The van der Waals surface area contributed by atoms with Crippen molar-refractivity contribution >= 4 is 10.2 Å². The summed E-state index contributed by atoms with van der Waals surface area (Å²) in [6.45, 7) is 11.0. The minimum atomic E-state index is -3.31. The normalized spacial score (nSPS) is 12.8. The van der Waals surface area contributed by atoms with E-state index in [1.54, 1.807) is 11.4 Å². The number of hydrogen-bond donors (Lipinski definition) is 1.